The molecule has 0 radical (unpaired) electrons. The van der Waals surface area contributed by atoms with E-state index in [-0.39, 0.29) is 24.4 Å². The maximum absolute atomic E-state index is 12.9. The molecule has 8 heteroatoms. The highest BCUT2D eigenvalue weighted by Crippen LogP contribution is 2.32. The highest BCUT2D eigenvalue weighted by Gasteiger charge is 2.40. The zero-order valence-electron chi connectivity index (χ0n) is 16.3. The molecule has 1 aromatic rings. The van der Waals surface area contributed by atoms with Crippen molar-refractivity contribution in [1.29, 1.82) is 0 Å². The standard InChI is InChI=1S/C14H20F3N3O.C2H6.CH5N/c1-9-10-8-19(11(21)7-13(2,3)4)5-6-20(10)12(18-9)14(15,16)17;2*1-2/h5-8H2,1-4H3;1-2H3;2H2,1H3. The minimum atomic E-state index is -4.46. The number of nitrogens with zero attached hydrogens (tertiary/aromatic N) is 3. The lowest BCUT2D eigenvalue weighted by Crippen LogP contribution is -2.40. The summed E-state index contributed by atoms with van der Waals surface area (Å²) >= 11 is 0. The molecule has 2 heterocycles. The molecular formula is C17H31F3N4O. The third-order valence-corrected chi connectivity index (χ3v) is 3.49. The van der Waals surface area contributed by atoms with Crippen LogP contribution in [-0.4, -0.2) is 34.0 Å². The van der Waals surface area contributed by atoms with Crippen LogP contribution in [0.2, 0.25) is 0 Å². The smallest absolute Gasteiger partial charge is 0.335 e. The molecule has 1 aromatic heterocycles. The molecule has 1 aliphatic rings. The van der Waals surface area contributed by atoms with Crippen LogP contribution in [0.15, 0.2) is 0 Å². The number of imidazole rings is 1. The van der Waals surface area contributed by atoms with Gasteiger partial charge in [0.25, 0.3) is 0 Å². The van der Waals surface area contributed by atoms with Crippen molar-refractivity contribution in [1.82, 2.24) is 14.5 Å². The molecule has 0 aliphatic carbocycles. The first-order valence-corrected chi connectivity index (χ1v) is 8.48. The van der Waals surface area contributed by atoms with Crippen LogP contribution in [0.5, 0.6) is 0 Å². The second-order valence-electron chi connectivity index (χ2n) is 6.67. The van der Waals surface area contributed by atoms with Crippen molar-refractivity contribution in [2.75, 3.05) is 13.6 Å². The van der Waals surface area contributed by atoms with Crippen LogP contribution in [0.25, 0.3) is 0 Å². The first-order valence-electron chi connectivity index (χ1n) is 8.48. The molecule has 0 spiro atoms. The molecule has 2 rings (SSSR count). The van der Waals surface area contributed by atoms with Crippen LogP contribution in [0.1, 0.15) is 58.3 Å². The number of nitrogens with two attached hydrogens (primary N) is 1. The van der Waals surface area contributed by atoms with Crippen molar-refractivity contribution in [3.05, 3.63) is 17.2 Å². The molecule has 0 aromatic carbocycles. The number of fused-ring (bicyclic) bond motifs is 1. The molecule has 0 fully saturated rings. The van der Waals surface area contributed by atoms with E-state index in [4.69, 9.17) is 0 Å². The maximum atomic E-state index is 12.9. The summed E-state index contributed by atoms with van der Waals surface area (Å²) in [6, 6.07) is 0. The Labute approximate surface area is 148 Å². The van der Waals surface area contributed by atoms with Crippen LogP contribution in [-0.2, 0) is 24.1 Å². The Morgan fingerprint density at radius 3 is 2.12 bits per heavy atom. The van der Waals surface area contributed by atoms with E-state index in [9.17, 15) is 18.0 Å². The topological polar surface area (TPSA) is 64.2 Å². The average Bonchev–Trinajstić information content (AvgIpc) is 2.86. The highest BCUT2D eigenvalue weighted by molar-refractivity contribution is 5.77. The van der Waals surface area contributed by atoms with Crippen LogP contribution in [0, 0.1) is 12.3 Å². The fraction of sp³-hybridized carbons (Fsp3) is 0.765. The largest absolute Gasteiger partial charge is 0.449 e. The minimum absolute atomic E-state index is 0.0251. The number of carbonyl (C=O) groups excluding carboxylic acids is 1. The van der Waals surface area contributed by atoms with Crippen molar-refractivity contribution in [3.8, 4) is 0 Å². The first-order chi connectivity index (χ1) is 11.5. The van der Waals surface area contributed by atoms with Crippen molar-refractivity contribution in [2.24, 2.45) is 11.1 Å². The maximum Gasteiger partial charge on any atom is 0.449 e. The zero-order valence-corrected chi connectivity index (χ0v) is 16.3. The SMILES string of the molecule is CC.CN.Cc1nc(C(F)(F)F)n2c1CN(C(=O)CC(C)(C)C)CC2. The summed E-state index contributed by atoms with van der Waals surface area (Å²) < 4.78 is 39.9. The molecule has 0 atom stereocenters. The van der Waals surface area contributed by atoms with Gasteiger partial charge in [-0.15, -0.1) is 0 Å². The minimum Gasteiger partial charge on any atom is -0.335 e. The predicted molar refractivity (Wildman–Crippen MR) is 92.9 cm³/mol. The Morgan fingerprint density at radius 1 is 1.16 bits per heavy atom. The van der Waals surface area contributed by atoms with Crippen LogP contribution in [0.4, 0.5) is 13.2 Å². The molecular weight excluding hydrogens is 333 g/mol. The van der Waals surface area contributed by atoms with Gasteiger partial charge in [0.15, 0.2) is 0 Å². The van der Waals surface area contributed by atoms with Gasteiger partial charge in [-0.1, -0.05) is 34.6 Å². The van der Waals surface area contributed by atoms with Gasteiger partial charge in [0.05, 0.1) is 17.9 Å². The average molecular weight is 364 g/mol. The number of hydrogen-bond acceptors (Lipinski definition) is 3. The predicted octanol–water partition coefficient (Wildman–Crippen LogP) is 3.59. The zero-order chi connectivity index (χ0) is 20.0. The summed E-state index contributed by atoms with van der Waals surface area (Å²) in [6.07, 6.45) is -4.08. The Hall–Kier alpha value is -1.57. The Morgan fingerprint density at radius 2 is 1.68 bits per heavy atom. The van der Waals surface area contributed by atoms with Crippen LogP contribution < -0.4 is 5.73 Å². The molecule has 1 amide bonds. The molecule has 0 bridgehead atoms. The van der Waals surface area contributed by atoms with Gasteiger partial charge in [-0.05, 0) is 19.4 Å². The number of aromatic nitrogens is 2. The van der Waals surface area contributed by atoms with Gasteiger partial charge >= 0.3 is 6.18 Å². The number of amides is 1. The van der Waals surface area contributed by atoms with Gasteiger partial charge in [0.2, 0.25) is 11.7 Å². The van der Waals surface area contributed by atoms with Gasteiger partial charge in [-0.2, -0.15) is 13.2 Å². The third-order valence-electron chi connectivity index (χ3n) is 3.49. The summed E-state index contributed by atoms with van der Waals surface area (Å²) in [7, 11) is 1.50. The molecule has 1 aliphatic heterocycles. The van der Waals surface area contributed by atoms with Crippen molar-refractivity contribution < 1.29 is 18.0 Å². The fourth-order valence-electron chi connectivity index (χ4n) is 2.52. The molecule has 0 unspecified atom stereocenters. The Kier molecular flexibility index (Phi) is 8.64. The molecule has 5 nitrogen and oxygen atoms in total. The Bertz CT molecular complexity index is 559. The van der Waals surface area contributed by atoms with E-state index in [1.165, 1.54) is 11.6 Å². The summed E-state index contributed by atoms with van der Waals surface area (Å²) in [5.74, 6) is -0.888. The van der Waals surface area contributed by atoms with E-state index in [0.717, 1.165) is 0 Å². The fourth-order valence-corrected chi connectivity index (χ4v) is 2.52. The summed E-state index contributed by atoms with van der Waals surface area (Å²) in [4.78, 5) is 17.5. The summed E-state index contributed by atoms with van der Waals surface area (Å²) in [6.45, 7) is 12.1. The number of carbonyl (C=O) groups is 1. The molecule has 25 heavy (non-hydrogen) atoms. The third kappa shape index (κ3) is 6.34. The number of rotatable bonds is 1. The van der Waals surface area contributed by atoms with Gasteiger partial charge < -0.3 is 15.2 Å². The van der Waals surface area contributed by atoms with E-state index in [1.807, 2.05) is 34.6 Å². The highest BCUT2D eigenvalue weighted by atomic mass is 19.4. The van der Waals surface area contributed by atoms with E-state index in [2.05, 4.69) is 10.7 Å². The van der Waals surface area contributed by atoms with Crippen LogP contribution in [0.3, 0.4) is 0 Å². The number of hydrogen-bond donors (Lipinski definition) is 1. The lowest BCUT2D eigenvalue weighted by molar-refractivity contribution is -0.148. The summed E-state index contributed by atoms with van der Waals surface area (Å²) in [5.41, 5.74) is 5.19. The number of alkyl halides is 3. The van der Waals surface area contributed by atoms with Crippen molar-refractivity contribution >= 4 is 5.91 Å². The second kappa shape index (κ2) is 9.22. The monoisotopic (exact) mass is 364 g/mol. The van der Waals surface area contributed by atoms with Gasteiger partial charge in [0.1, 0.15) is 0 Å². The van der Waals surface area contributed by atoms with E-state index >= 15 is 0 Å². The van der Waals surface area contributed by atoms with Crippen molar-refractivity contribution in [3.63, 3.8) is 0 Å². The second-order valence-corrected chi connectivity index (χ2v) is 6.67. The molecule has 146 valence electrons. The molecule has 2 N–H and O–H groups in total. The van der Waals surface area contributed by atoms with Gasteiger partial charge in [0, 0.05) is 19.5 Å². The van der Waals surface area contributed by atoms with Gasteiger partial charge in [-0.25, -0.2) is 4.98 Å². The summed E-state index contributed by atoms with van der Waals surface area (Å²) in [5, 5.41) is 0. The number of halogens is 3. The normalized spacial score (nSPS) is 14.0. The lowest BCUT2D eigenvalue weighted by atomic mass is 9.91. The van der Waals surface area contributed by atoms with Gasteiger partial charge in [-0.3, -0.25) is 4.79 Å². The molecule has 0 saturated heterocycles. The van der Waals surface area contributed by atoms with E-state index in [1.54, 1.807) is 11.8 Å². The van der Waals surface area contributed by atoms with Crippen molar-refractivity contribution in [2.45, 2.75) is 67.2 Å². The van der Waals surface area contributed by atoms with E-state index in [0.29, 0.717) is 24.4 Å². The van der Waals surface area contributed by atoms with Crippen LogP contribution >= 0.6 is 0 Å². The first kappa shape index (κ1) is 23.4. The number of aryl methyl sites for hydroxylation is 1. The Balaban J connectivity index is 0.00000134. The molecule has 0 saturated carbocycles. The lowest BCUT2D eigenvalue weighted by Gasteiger charge is -2.31. The van der Waals surface area contributed by atoms with E-state index < -0.39 is 12.0 Å². The quantitative estimate of drug-likeness (QED) is 0.828.